The van der Waals surface area contributed by atoms with Crippen molar-refractivity contribution in [3.8, 4) is 0 Å². The monoisotopic (exact) mass is 354 g/mol. The van der Waals surface area contributed by atoms with Gasteiger partial charge in [0.05, 0.1) is 12.8 Å². The van der Waals surface area contributed by atoms with Crippen molar-refractivity contribution >= 4 is 33.0 Å². The molecule has 0 bridgehead atoms. The van der Waals surface area contributed by atoms with Crippen LogP contribution in [0.25, 0.3) is 0 Å². The second kappa shape index (κ2) is 6.29. The van der Waals surface area contributed by atoms with Gasteiger partial charge in [-0.05, 0) is 23.6 Å². The molecule has 0 fully saturated rings. The highest BCUT2D eigenvalue weighted by Gasteiger charge is 2.26. The number of ether oxygens (including phenoxy) is 1. The lowest BCUT2D eigenvalue weighted by atomic mass is 9.95. The van der Waals surface area contributed by atoms with Gasteiger partial charge < -0.3 is 4.74 Å². The van der Waals surface area contributed by atoms with Gasteiger partial charge in [0.1, 0.15) is 9.77 Å². The molecule has 2 rings (SSSR count). The Kier molecular flexibility index (Phi) is 4.76. The standard InChI is InChI=1S/C15H18N2O4S2/c1-15(2,3)12-8-11(13(22-12)14(18)21-4)17-23(19,20)10-6-5-7-16-9-10/h5-9,17H,1-4H3. The van der Waals surface area contributed by atoms with E-state index in [1.54, 1.807) is 6.07 Å². The third-order valence-corrected chi connectivity index (χ3v) is 5.92. The number of aromatic nitrogens is 1. The molecule has 0 saturated carbocycles. The van der Waals surface area contributed by atoms with Crippen LogP contribution in [0.1, 0.15) is 35.3 Å². The van der Waals surface area contributed by atoms with Gasteiger partial charge in [0.15, 0.2) is 0 Å². The molecule has 0 aromatic carbocycles. The van der Waals surface area contributed by atoms with Crippen LogP contribution in [-0.2, 0) is 20.2 Å². The normalized spacial score (nSPS) is 12.0. The van der Waals surface area contributed by atoms with Crippen molar-refractivity contribution in [3.05, 3.63) is 40.3 Å². The topological polar surface area (TPSA) is 85.4 Å². The predicted molar refractivity (Wildman–Crippen MR) is 89.4 cm³/mol. The lowest BCUT2D eigenvalue weighted by Crippen LogP contribution is -2.15. The van der Waals surface area contributed by atoms with Crippen molar-refractivity contribution in [2.24, 2.45) is 0 Å². The lowest BCUT2D eigenvalue weighted by molar-refractivity contribution is 0.0607. The first-order valence-electron chi connectivity index (χ1n) is 6.80. The molecule has 0 unspecified atom stereocenters. The molecule has 0 aliphatic rings. The van der Waals surface area contributed by atoms with E-state index in [0.717, 1.165) is 4.88 Å². The molecule has 1 N–H and O–H groups in total. The van der Waals surface area contributed by atoms with E-state index in [2.05, 4.69) is 9.71 Å². The van der Waals surface area contributed by atoms with Crippen molar-refractivity contribution in [1.82, 2.24) is 4.98 Å². The number of thiophene rings is 1. The van der Waals surface area contributed by atoms with Crippen LogP contribution in [0.5, 0.6) is 0 Å². The number of hydrogen-bond acceptors (Lipinski definition) is 6. The zero-order valence-electron chi connectivity index (χ0n) is 13.3. The number of carbonyl (C=O) groups is 1. The Morgan fingerprint density at radius 1 is 1.35 bits per heavy atom. The Bertz CT molecular complexity index is 806. The number of hydrogen-bond donors (Lipinski definition) is 1. The fourth-order valence-corrected chi connectivity index (χ4v) is 3.97. The first kappa shape index (κ1) is 17.4. The number of methoxy groups -OCH3 is 1. The lowest BCUT2D eigenvalue weighted by Gasteiger charge is -2.15. The maximum Gasteiger partial charge on any atom is 0.350 e. The van der Waals surface area contributed by atoms with Crippen LogP contribution in [0.15, 0.2) is 35.5 Å². The highest BCUT2D eigenvalue weighted by molar-refractivity contribution is 7.92. The number of pyridine rings is 1. The Balaban J connectivity index is 2.47. The first-order chi connectivity index (χ1) is 10.6. The van der Waals surface area contributed by atoms with Gasteiger partial charge >= 0.3 is 5.97 Å². The van der Waals surface area contributed by atoms with E-state index in [-0.39, 0.29) is 20.9 Å². The summed E-state index contributed by atoms with van der Waals surface area (Å²) in [6.07, 6.45) is 2.73. The third-order valence-electron chi connectivity index (χ3n) is 3.03. The molecule has 0 amide bonds. The highest BCUT2D eigenvalue weighted by atomic mass is 32.2. The zero-order valence-corrected chi connectivity index (χ0v) is 14.9. The van der Waals surface area contributed by atoms with Gasteiger partial charge in [0, 0.05) is 17.3 Å². The van der Waals surface area contributed by atoms with E-state index in [1.165, 1.54) is 43.0 Å². The minimum atomic E-state index is -3.82. The van der Waals surface area contributed by atoms with Crippen molar-refractivity contribution in [3.63, 3.8) is 0 Å². The predicted octanol–water partition coefficient (Wildman–Crippen LogP) is 3.03. The maximum atomic E-state index is 12.4. The first-order valence-corrected chi connectivity index (χ1v) is 9.10. The molecule has 23 heavy (non-hydrogen) atoms. The second-order valence-corrected chi connectivity index (χ2v) is 8.62. The average molecular weight is 354 g/mol. The van der Waals surface area contributed by atoms with Gasteiger partial charge in [0.2, 0.25) is 0 Å². The third kappa shape index (κ3) is 3.89. The summed E-state index contributed by atoms with van der Waals surface area (Å²) in [5, 5.41) is 0. The Morgan fingerprint density at radius 3 is 2.57 bits per heavy atom. The fourth-order valence-electron chi connectivity index (χ4n) is 1.79. The van der Waals surface area contributed by atoms with E-state index >= 15 is 0 Å². The minimum Gasteiger partial charge on any atom is -0.465 e. The quantitative estimate of drug-likeness (QED) is 0.853. The average Bonchev–Trinajstić information content (AvgIpc) is 2.90. The number of carbonyl (C=O) groups excluding carboxylic acids is 1. The van der Waals surface area contributed by atoms with Gasteiger partial charge in [-0.2, -0.15) is 0 Å². The smallest absolute Gasteiger partial charge is 0.350 e. The van der Waals surface area contributed by atoms with Gasteiger partial charge in [-0.3, -0.25) is 9.71 Å². The van der Waals surface area contributed by atoms with E-state index in [1.807, 2.05) is 20.8 Å². The Morgan fingerprint density at radius 2 is 2.04 bits per heavy atom. The van der Waals surface area contributed by atoms with Gasteiger partial charge in [-0.1, -0.05) is 20.8 Å². The van der Waals surface area contributed by atoms with Crippen LogP contribution in [0, 0.1) is 0 Å². The summed E-state index contributed by atoms with van der Waals surface area (Å²) in [6.45, 7) is 5.96. The molecule has 2 aromatic heterocycles. The number of esters is 1. The van der Waals surface area contributed by atoms with E-state index in [9.17, 15) is 13.2 Å². The minimum absolute atomic E-state index is 0.0272. The highest BCUT2D eigenvalue weighted by Crippen LogP contribution is 2.36. The molecule has 0 saturated heterocycles. The van der Waals surface area contributed by atoms with Crippen LogP contribution >= 0.6 is 11.3 Å². The van der Waals surface area contributed by atoms with Crippen LogP contribution in [0.4, 0.5) is 5.69 Å². The molecule has 6 nitrogen and oxygen atoms in total. The summed E-state index contributed by atoms with van der Waals surface area (Å²) in [6, 6.07) is 4.64. The van der Waals surface area contributed by atoms with Crippen LogP contribution in [-0.4, -0.2) is 26.5 Å². The summed E-state index contributed by atoms with van der Waals surface area (Å²) in [4.78, 5) is 16.9. The molecule has 0 atom stereocenters. The molecule has 8 heteroatoms. The zero-order chi connectivity index (χ0) is 17.3. The molecule has 0 spiro atoms. The number of nitrogens with one attached hydrogen (secondary N) is 1. The summed E-state index contributed by atoms with van der Waals surface area (Å²) < 4.78 is 32.1. The van der Waals surface area contributed by atoms with Crippen LogP contribution in [0.3, 0.4) is 0 Å². The van der Waals surface area contributed by atoms with Crippen LogP contribution in [0.2, 0.25) is 0 Å². The van der Waals surface area contributed by atoms with Crippen molar-refractivity contribution < 1.29 is 17.9 Å². The van der Waals surface area contributed by atoms with E-state index < -0.39 is 16.0 Å². The SMILES string of the molecule is COC(=O)c1sc(C(C)(C)C)cc1NS(=O)(=O)c1cccnc1. The molecule has 2 aromatic rings. The molecule has 0 radical (unpaired) electrons. The molecule has 124 valence electrons. The largest absolute Gasteiger partial charge is 0.465 e. The summed E-state index contributed by atoms with van der Waals surface area (Å²) in [5.74, 6) is -0.575. The van der Waals surface area contributed by atoms with Crippen molar-refractivity contribution in [1.29, 1.82) is 0 Å². The molecular weight excluding hydrogens is 336 g/mol. The summed E-state index contributed by atoms with van der Waals surface area (Å²) in [7, 11) is -2.56. The Hall–Kier alpha value is -1.93. The van der Waals surface area contributed by atoms with Crippen LogP contribution < -0.4 is 4.72 Å². The molecule has 0 aliphatic heterocycles. The van der Waals surface area contributed by atoms with Gasteiger partial charge in [-0.15, -0.1) is 11.3 Å². The fraction of sp³-hybridized carbons (Fsp3) is 0.333. The van der Waals surface area contributed by atoms with Crippen molar-refractivity contribution in [2.45, 2.75) is 31.1 Å². The van der Waals surface area contributed by atoms with Gasteiger partial charge in [-0.25, -0.2) is 13.2 Å². The molecule has 0 aliphatic carbocycles. The van der Waals surface area contributed by atoms with Gasteiger partial charge in [0.25, 0.3) is 10.0 Å². The van der Waals surface area contributed by atoms with E-state index in [0.29, 0.717) is 0 Å². The molecule has 2 heterocycles. The summed E-state index contributed by atoms with van der Waals surface area (Å²) in [5.41, 5.74) is 0.00134. The number of nitrogens with zero attached hydrogens (tertiary/aromatic N) is 1. The van der Waals surface area contributed by atoms with E-state index in [4.69, 9.17) is 4.74 Å². The number of sulfonamides is 1. The number of rotatable bonds is 4. The molecular formula is C15H18N2O4S2. The summed E-state index contributed by atoms with van der Waals surface area (Å²) >= 11 is 1.22. The van der Waals surface area contributed by atoms with Crippen molar-refractivity contribution in [2.75, 3.05) is 11.8 Å². The second-order valence-electron chi connectivity index (χ2n) is 5.89. The Labute approximate surface area is 139 Å². The number of anilines is 1. The maximum absolute atomic E-state index is 12.4.